The van der Waals surface area contributed by atoms with E-state index < -0.39 is 0 Å². The number of nitrogens with one attached hydrogen (secondary N) is 1. The molecular weight excluding hydrogens is 162 g/mol. The number of hydrogen-bond donors (Lipinski definition) is 2. The van der Waals surface area contributed by atoms with Crippen molar-refractivity contribution in [2.75, 3.05) is 23.4 Å². The molecule has 0 saturated carbocycles. The molecule has 3 heteroatoms. The number of para-hydroxylation sites is 2. The van der Waals surface area contributed by atoms with E-state index >= 15 is 0 Å². The molecule has 1 aromatic carbocycles. The smallest absolute Gasteiger partial charge is 0.0752 e. The van der Waals surface area contributed by atoms with Crippen molar-refractivity contribution < 1.29 is 0 Å². The molecule has 1 aromatic rings. The van der Waals surface area contributed by atoms with Gasteiger partial charge in [0, 0.05) is 6.54 Å². The van der Waals surface area contributed by atoms with Crippen molar-refractivity contribution in [2.45, 2.75) is 0 Å². The molecule has 0 aliphatic carbocycles. The molecule has 3 nitrogen and oxygen atoms in total. The Morgan fingerprint density at radius 3 is 3.00 bits per heavy atom. The fraction of sp³-hybridized carbons (Fsp3) is 0.200. The third-order valence-electron chi connectivity index (χ3n) is 2.09. The molecule has 13 heavy (non-hydrogen) atoms. The van der Waals surface area contributed by atoms with E-state index in [1.807, 2.05) is 24.3 Å². The average molecular weight is 175 g/mol. The number of nitrogens with zero attached hydrogens (tertiary/aromatic N) is 1. The van der Waals surface area contributed by atoms with Crippen molar-refractivity contribution in [1.82, 2.24) is 0 Å². The van der Waals surface area contributed by atoms with Crippen molar-refractivity contribution in [3.05, 3.63) is 36.4 Å². The van der Waals surface area contributed by atoms with Gasteiger partial charge in [-0.25, -0.2) is 5.84 Å². The van der Waals surface area contributed by atoms with Crippen LogP contribution < -0.4 is 16.2 Å². The van der Waals surface area contributed by atoms with Crippen LogP contribution in [0.5, 0.6) is 0 Å². The molecule has 0 unspecified atom stereocenters. The van der Waals surface area contributed by atoms with Crippen LogP contribution in [0.2, 0.25) is 0 Å². The normalized spacial score (nSPS) is 15.6. The minimum absolute atomic E-state index is 0.763. The third kappa shape index (κ3) is 1.65. The molecule has 1 heterocycles. The minimum Gasteiger partial charge on any atom is -0.380 e. The van der Waals surface area contributed by atoms with E-state index in [1.165, 1.54) is 0 Å². The molecule has 0 bridgehead atoms. The lowest BCUT2D eigenvalue weighted by Gasteiger charge is -2.22. The highest BCUT2D eigenvalue weighted by Gasteiger charge is 2.06. The van der Waals surface area contributed by atoms with Crippen LogP contribution in [0.4, 0.5) is 11.4 Å². The zero-order valence-electron chi connectivity index (χ0n) is 7.40. The maximum Gasteiger partial charge on any atom is 0.0752 e. The molecule has 2 rings (SSSR count). The van der Waals surface area contributed by atoms with Gasteiger partial charge in [0.1, 0.15) is 0 Å². The van der Waals surface area contributed by atoms with E-state index in [2.05, 4.69) is 17.5 Å². The predicted octanol–water partition coefficient (Wildman–Crippen LogP) is 1.35. The minimum atomic E-state index is 0.763. The van der Waals surface area contributed by atoms with Gasteiger partial charge < -0.3 is 10.3 Å². The van der Waals surface area contributed by atoms with Crippen molar-refractivity contribution in [2.24, 2.45) is 5.84 Å². The van der Waals surface area contributed by atoms with Crippen LogP contribution in [0.3, 0.4) is 0 Å². The predicted molar refractivity (Wildman–Crippen MR) is 55.6 cm³/mol. The number of fused-ring (bicyclic) bond motifs is 1. The number of hydrogen-bond acceptors (Lipinski definition) is 3. The lowest BCUT2D eigenvalue weighted by molar-refractivity contribution is 0.932. The van der Waals surface area contributed by atoms with Crippen molar-refractivity contribution in [1.29, 1.82) is 0 Å². The van der Waals surface area contributed by atoms with Gasteiger partial charge in [0.2, 0.25) is 0 Å². The van der Waals surface area contributed by atoms with Crippen LogP contribution >= 0.6 is 0 Å². The number of nitrogens with two attached hydrogens (primary N) is 1. The standard InChI is InChI=1S/C10H13N3/c11-13-8-4-3-7-12-9-5-1-2-6-10(9)13/h1-6,12H,7-8,11H2. The Labute approximate surface area is 77.8 Å². The summed E-state index contributed by atoms with van der Waals surface area (Å²) in [5, 5.41) is 5.02. The van der Waals surface area contributed by atoms with Gasteiger partial charge in [-0.1, -0.05) is 24.3 Å². The van der Waals surface area contributed by atoms with Gasteiger partial charge in [-0.05, 0) is 12.1 Å². The van der Waals surface area contributed by atoms with Crippen LogP contribution in [0.1, 0.15) is 0 Å². The van der Waals surface area contributed by atoms with Gasteiger partial charge >= 0.3 is 0 Å². The largest absolute Gasteiger partial charge is 0.380 e. The third-order valence-corrected chi connectivity index (χ3v) is 2.09. The average Bonchev–Trinajstić information content (AvgIpc) is 2.14. The first-order valence-corrected chi connectivity index (χ1v) is 4.38. The zero-order valence-corrected chi connectivity index (χ0v) is 7.40. The van der Waals surface area contributed by atoms with Crippen LogP contribution in [0.25, 0.3) is 0 Å². The molecule has 0 fully saturated rings. The summed E-state index contributed by atoms with van der Waals surface area (Å²) in [6.07, 6.45) is 4.14. The van der Waals surface area contributed by atoms with Crippen molar-refractivity contribution in [3.63, 3.8) is 0 Å². The lowest BCUT2D eigenvalue weighted by Crippen LogP contribution is -2.32. The van der Waals surface area contributed by atoms with E-state index in [0.717, 1.165) is 24.5 Å². The van der Waals surface area contributed by atoms with Gasteiger partial charge in [0.25, 0.3) is 0 Å². The summed E-state index contributed by atoms with van der Waals surface area (Å²) >= 11 is 0. The topological polar surface area (TPSA) is 41.3 Å². The molecule has 68 valence electrons. The Bertz CT molecular complexity index is 320. The highest BCUT2D eigenvalue weighted by atomic mass is 15.4. The SMILES string of the molecule is NN1CC=CCNc2ccccc21. The van der Waals surface area contributed by atoms with Gasteiger partial charge in [0.15, 0.2) is 0 Å². The van der Waals surface area contributed by atoms with E-state index in [-0.39, 0.29) is 0 Å². The molecule has 0 radical (unpaired) electrons. The van der Waals surface area contributed by atoms with Gasteiger partial charge in [-0.15, -0.1) is 0 Å². The summed E-state index contributed by atoms with van der Waals surface area (Å²) in [4.78, 5) is 0. The Morgan fingerprint density at radius 1 is 1.23 bits per heavy atom. The lowest BCUT2D eigenvalue weighted by atomic mass is 10.2. The first-order chi connectivity index (χ1) is 6.38. The van der Waals surface area contributed by atoms with E-state index in [1.54, 1.807) is 5.01 Å². The Kier molecular flexibility index (Phi) is 2.19. The van der Waals surface area contributed by atoms with Gasteiger partial charge in [-0.3, -0.25) is 0 Å². The maximum atomic E-state index is 5.86. The molecule has 3 N–H and O–H groups in total. The maximum absolute atomic E-state index is 5.86. The van der Waals surface area contributed by atoms with Crippen molar-refractivity contribution >= 4 is 11.4 Å². The summed E-state index contributed by atoms with van der Waals surface area (Å²) in [5.41, 5.74) is 2.14. The summed E-state index contributed by atoms with van der Waals surface area (Å²) in [5.74, 6) is 5.86. The first-order valence-electron chi connectivity index (χ1n) is 4.38. The molecule has 1 aliphatic heterocycles. The number of rotatable bonds is 0. The van der Waals surface area contributed by atoms with Crippen LogP contribution in [-0.2, 0) is 0 Å². The second-order valence-corrected chi connectivity index (χ2v) is 3.02. The zero-order chi connectivity index (χ0) is 9.10. The number of hydrazine groups is 1. The highest BCUT2D eigenvalue weighted by molar-refractivity contribution is 5.70. The molecule has 0 amide bonds. The fourth-order valence-corrected chi connectivity index (χ4v) is 1.41. The van der Waals surface area contributed by atoms with Gasteiger partial charge in [0.05, 0.1) is 17.9 Å². The van der Waals surface area contributed by atoms with Crippen molar-refractivity contribution in [3.8, 4) is 0 Å². The van der Waals surface area contributed by atoms with E-state index in [0.29, 0.717) is 0 Å². The summed E-state index contributed by atoms with van der Waals surface area (Å²) in [6.45, 7) is 1.63. The Morgan fingerprint density at radius 2 is 2.08 bits per heavy atom. The van der Waals surface area contributed by atoms with Crippen LogP contribution in [0.15, 0.2) is 36.4 Å². The molecule has 0 saturated heterocycles. The molecule has 0 atom stereocenters. The number of benzene rings is 1. The number of anilines is 2. The summed E-state index contributed by atoms with van der Waals surface area (Å²) < 4.78 is 0. The summed E-state index contributed by atoms with van der Waals surface area (Å²) in [6, 6.07) is 8.05. The Hall–Kier alpha value is -1.48. The van der Waals surface area contributed by atoms with Crippen LogP contribution in [-0.4, -0.2) is 13.1 Å². The fourth-order valence-electron chi connectivity index (χ4n) is 1.41. The molecular formula is C10H13N3. The quantitative estimate of drug-likeness (QED) is 0.462. The van der Waals surface area contributed by atoms with Gasteiger partial charge in [-0.2, -0.15) is 0 Å². The molecule has 0 spiro atoms. The molecule has 0 aromatic heterocycles. The van der Waals surface area contributed by atoms with E-state index in [9.17, 15) is 0 Å². The van der Waals surface area contributed by atoms with E-state index in [4.69, 9.17) is 5.84 Å². The second kappa shape index (κ2) is 3.49. The first kappa shape index (κ1) is 8.13. The second-order valence-electron chi connectivity index (χ2n) is 3.02. The Balaban J connectivity index is 2.36. The molecule has 1 aliphatic rings. The monoisotopic (exact) mass is 175 g/mol. The summed E-state index contributed by atoms with van der Waals surface area (Å²) in [7, 11) is 0. The van der Waals surface area contributed by atoms with Crippen LogP contribution in [0, 0.1) is 0 Å². The highest BCUT2D eigenvalue weighted by Crippen LogP contribution is 2.23.